The number of nitrogens with zero attached hydrogens (tertiary/aromatic N) is 5. The maximum atomic E-state index is 13.5. The summed E-state index contributed by atoms with van der Waals surface area (Å²) < 4.78 is 5.73. The van der Waals surface area contributed by atoms with E-state index >= 15 is 0 Å². The number of likely N-dealkylation sites (tertiary alicyclic amines) is 2. The largest absolute Gasteiger partial charge is 0.474 e. The lowest BCUT2D eigenvalue weighted by Gasteiger charge is -2.55. The minimum absolute atomic E-state index is 0. The number of aliphatic imine (C=N–C) groups is 1. The number of benzene rings is 2. The van der Waals surface area contributed by atoms with Gasteiger partial charge in [0.05, 0.1) is 18.1 Å². The third kappa shape index (κ3) is 8.40. The molecule has 0 saturated carbocycles. The summed E-state index contributed by atoms with van der Waals surface area (Å²) >= 11 is 0. The Bertz CT molecular complexity index is 2520. The molecule has 0 radical (unpaired) electrons. The van der Waals surface area contributed by atoms with Gasteiger partial charge in [-0.2, -0.15) is 0 Å². The minimum Gasteiger partial charge on any atom is -0.474 e. The van der Waals surface area contributed by atoms with Gasteiger partial charge >= 0.3 is 0 Å². The fraction of sp³-hybridized carbons (Fsp3) is 0.388. The van der Waals surface area contributed by atoms with Gasteiger partial charge in [0.1, 0.15) is 18.1 Å². The van der Waals surface area contributed by atoms with Crippen LogP contribution >= 0.6 is 0 Å². The van der Waals surface area contributed by atoms with Crippen LogP contribution in [0.4, 0.5) is 17.2 Å². The second-order valence-electron chi connectivity index (χ2n) is 17.3. The fourth-order valence-corrected chi connectivity index (χ4v) is 9.38. The zero-order chi connectivity index (χ0) is 42.1. The third-order valence-electron chi connectivity index (χ3n) is 13.0. The highest BCUT2D eigenvalue weighted by Crippen LogP contribution is 2.43. The predicted octanol–water partition coefficient (Wildman–Crippen LogP) is 8.42. The molecule has 1 aliphatic carbocycles. The number of carbonyl (C=O) groups excluding carboxylic acids is 3. The van der Waals surface area contributed by atoms with Crippen molar-refractivity contribution in [2.45, 2.75) is 65.7 Å². The van der Waals surface area contributed by atoms with E-state index in [4.69, 9.17) is 9.73 Å². The smallest absolute Gasteiger partial charge is 0.237 e. The van der Waals surface area contributed by atoms with Crippen LogP contribution in [0.3, 0.4) is 0 Å². The Balaban J connectivity index is 0.00000227. The topological polar surface area (TPSA) is 141 Å². The number of aromatic nitrogens is 2. The van der Waals surface area contributed by atoms with E-state index in [0.717, 1.165) is 120 Å². The molecule has 6 heterocycles. The molecule has 4 aliphatic heterocycles. The van der Waals surface area contributed by atoms with E-state index < -0.39 is 5.92 Å². The van der Waals surface area contributed by atoms with Gasteiger partial charge in [0, 0.05) is 90.1 Å². The number of anilines is 3. The molecule has 1 unspecified atom stereocenters. The summed E-state index contributed by atoms with van der Waals surface area (Å²) in [7, 11) is 0. The molecule has 0 bridgehead atoms. The van der Waals surface area contributed by atoms with Gasteiger partial charge in [-0.25, -0.2) is 9.97 Å². The number of allylic oxidation sites excluding steroid dienone is 5. The molecule has 1 spiro atoms. The molecule has 3 N–H and O–H groups in total. The Morgan fingerprint density at radius 2 is 1.84 bits per heavy atom. The van der Waals surface area contributed by atoms with E-state index in [2.05, 4.69) is 94.1 Å². The summed E-state index contributed by atoms with van der Waals surface area (Å²) in [6, 6.07) is 16.5. The number of amides is 3. The van der Waals surface area contributed by atoms with E-state index in [1.165, 1.54) is 11.3 Å². The lowest BCUT2D eigenvalue weighted by molar-refractivity contribution is -0.135. The molecule has 5 aliphatic rings. The number of fused-ring (bicyclic) bond motifs is 2. The number of hydrogen-bond acceptors (Lipinski definition) is 10. The summed E-state index contributed by atoms with van der Waals surface area (Å²) in [6.45, 7) is 11.8. The number of carbonyl (C=O) groups is 3. The average Bonchev–Trinajstić information content (AvgIpc) is 3.45. The average molecular weight is 825 g/mol. The van der Waals surface area contributed by atoms with Gasteiger partial charge in [0.2, 0.25) is 23.6 Å². The highest BCUT2D eigenvalue weighted by atomic mass is 16.5. The molecule has 2 aromatic heterocycles. The molecule has 3 fully saturated rings. The zero-order valence-corrected chi connectivity index (χ0v) is 35.4. The maximum absolute atomic E-state index is 13.5. The van der Waals surface area contributed by atoms with Crippen molar-refractivity contribution in [1.82, 2.24) is 25.1 Å². The van der Waals surface area contributed by atoms with Crippen molar-refractivity contribution >= 4 is 51.4 Å². The highest BCUT2D eigenvalue weighted by Gasteiger charge is 2.46. The number of hydrogen-bond donors (Lipinski definition) is 3. The van der Waals surface area contributed by atoms with Crippen molar-refractivity contribution in [2.24, 2.45) is 16.3 Å². The van der Waals surface area contributed by atoms with Crippen LogP contribution in [0, 0.1) is 18.3 Å². The predicted molar refractivity (Wildman–Crippen MR) is 246 cm³/mol. The van der Waals surface area contributed by atoms with Crippen molar-refractivity contribution in [3.05, 3.63) is 107 Å². The number of pyridine rings is 2. The number of ether oxygens (including phenoxy) is 1. The Morgan fingerprint density at radius 3 is 2.62 bits per heavy atom. The number of nitrogens with one attached hydrogen (secondary N) is 3. The zero-order valence-electron chi connectivity index (χ0n) is 35.4. The Morgan fingerprint density at radius 1 is 1.02 bits per heavy atom. The summed E-state index contributed by atoms with van der Waals surface area (Å²) in [5.74, 6) is 0.720. The monoisotopic (exact) mass is 824 g/mol. The minimum atomic E-state index is -0.408. The first-order valence-corrected chi connectivity index (χ1v) is 21.8. The molecule has 61 heavy (non-hydrogen) atoms. The van der Waals surface area contributed by atoms with Crippen LogP contribution in [-0.4, -0.2) is 89.1 Å². The molecular weight excluding hydrogens is 765 g/mol. The molecule has 9 rings (SSSR count). The Kier molecular flexibility index (Phi) is 11.2. The van der Waals surface area contributed by atoms with Crippen molar-refractivity contribution in [3.8, 4) is 17.0 Å². The first-order valence-electron chi connectivity index (χ1n) is 21.8. The maximum Gasteiger partial charge on any atom is 0.237 e. The molecular formula is C49H60N8O4. The molecule has 12 heteroatoms. The summed E-state index contributed by atoms with van der Waals surface area (Å²) in [6.07, 6.45) is 15.2. The lowest BCUT2D eigenvalue weighted by atomic mass is 9.71. The fourth-order valence-electron chi connectivity index (χ4n) is 9.38. The van der Waals surface area contributed by atoms with Gasteiger partial charge < -0.3 is 25.2 Å². The first-order chi connectivity index (χ1) is 29.6. The van der Waals surface area contributed by atoms with Crippen molar-refractivity contribution in [3.63, 3.8) is 0 Å². The van der Waals surface area contributed by atoms with Crippen LogP contribution in [0.1, 0.15) is 67.8 Å². The second kappa shape index (κ2) is 17.0. The lowest BCUT2D eigenvalue weighted by Crippen LogP contribution is -2.60. The van der Waals surface area contributed by atoms with Crippen LogP contribution < -0.4 is 20.7 Å². The summed E-state index contributed by atoms with van der Waals surface area (Å²) in [5.41, 5.74) is 10.6. The molecule has 12 nitrogen and oxygen atoms in total. The van der Waals surface area contributed by atoms with E-state index in [1.54, 1.807) is 0 Å². The number of piperidine rings is 2. The molecule has 4 aromatic rings. The molecule has 2 aromatic carbocycles. The van der Waals surface area contributed by atoms with E-state index in [-0.39, 0.29) is 27.4 Å². The van der Waals surface area contributed by atoms with Crippen molar-refractivity contribution in [2.75, 3.05) is 56.5 Å². The standard InChI is InChI=1S/C49H54N8O4.3H2/c1-4-19-50-46(40-15-16-43(58)55-47(40)60)39-14-13-38(12-5-31(39)2)57-29-49(30-57)17-21-56(22-18-49)44(59)24-33-6-10-37(11-7-33)54-42-26-36-25-34(8-9-35(36)27-52-42)41-28-53-48-45(32(41)3)51-20-23-61-48;;;/h6-14,25-28,40,51H,4-5,15-24,29-30H2,1-3H3,(H,52,54)(H,55,58,60);3*1H. The van der Waals surface area contributed by atoms with Gasteiger partial charge in [0.15, 0.2) is 0 Å². The van der Waals surface area contributed by atoms with Gasteiger partial charge in [-0.05, 0) is 104 Å². The molecule has 1 atom stereocenters. The van der Waals surface area contributed by atoms with E-state index in [1.807, 2.05) is 41.6 Å². The SMILES string of the molecule is CCCN=C(C1=C(C)CC=C(N2CC3(CCN(C(=O)Cc4ccc(Nc5cc6cc(-c7cnc8c(c7C)NCCO8)ccc6cn5)cc4)CC3)C2)C=C1)C1CCC(=O)NC1=O.[HH].[HH].[HH]. The number of rotatable bonds is 10. The quantitative estimate of drug-likeness (QED) is 0.106. The molecule has 3 saturated heterocycles. The van der Waals surface area contributed by atoms with Crippen LogP contribution in [0.25, 0.3) is 21.9 Å². The van der Waals surface area contributed by atoms with Gasteiger partial charge in [0.25, 0.3) is 0 Å². The van der Waals surface area contributed by atoms with Gasteiger partial charge in [-0.1, -0.05) is 48.9 Å². The van der Waals surface area contributed by atoms with Gasteiger partial charge in [-0.15, -0.1) is 0 Å². The van der Waals surface area contributed by atoms with Crippen molar-refractivity contribution in [1.29, 1.82) is 0 Å². The Labute approximate surface area is 361 Å². The van der Waals surface area contributed by atoms with E-state index in [9.17, 15) is 14.4 Å². The summed E-state index contributed by atoms with van der Waals surface area (Å²) in [4.78, 5) is 56.8. The van der Waals surface area contributed by atoms with E-state index in [0.29, 0.717) is 38.3 Å². The molecule has 320 valence electrons. The normalized spacial score (nSPS) is 20.0. The Hall–Kier alpha value is -6.30. The number of imide groups is 1. The highest BCUT2D eigenvalue weighted by molar-refractivity contribution is 6.18. The van der Waals surface area contributed by atoms with Crippen LogP contribution in [0.2, 0.25) is 0 Å². The van der Waals surface area contributed by atoms with Gasteiger partial charge in [-0.3, -0.25) is 24.7 Å². The molecule has 3 amide bonds. The van der Waals surface area contributed by atoms with Crippen molar-refractivity contribution < 1.29 is 23.4 Å². The first kappa shape index (κ1) is 40.1. The van der Waals surface area contributed by atoms with Crippen LogP contribution in [0.5, 0.6) is 5.88 Å². The third-order valence-corrected chi connectivity index (χ3v) is 13.0. The second-order valence-corrected chi connectivity index (χ2v) is 17.3. The van der Waals surface area contributed by atoms with Crippen LogP contribution in [-0.2, 0) is 20.8 Å². The van der Waals surface area contributed by atoms with Crippen LogP contribution in [0.15, 0.2) is 101 Å². The summed E-state index contributed by atoms with van der Waals surface area (Å²) in [5, 5.41) is 11.5.